The quantitative estimate of drug-likeness (QED) is 0.161. The molecule has 0 fully saturated rings. The highest BCUT2D eigenvalue weighted by atomic mass is 16.3. The zero-order valence-corrected chi connectivity index (χ0v) is 24.1. The first-order chi connectivity index (χ1) is 20.8. The Balaban J connectivity index is 1.54. The topological polar surface area (TPSA) is 180 Å². The molecule has 12 nitrogen and oxygen atoms in total. The third-order valence-electron chi connectivity index (χ3n) is 7.83. The maximum absolute atomic E-state index is 14.0. The van der Waals surface area contributed by atoms with Crippen molar-refractivity contribution in [1.29, 1.82) is 0 Å². The number of aliphatic hydroxyl groups is 1. The maximum atomic E-state index is 14.0. The first-order valence-corrected chi connectivity index (χ1v) is 14.6. The molecule has 0 unspecified atom stereocenters. The molecular weight excluding hydrogens is 548 g/mol. The van der Waals surface area contributed by atoms with E-state index in [1.54, 1.807) is 6.20 Å². The van der Waals surface area contributed by atoms with Gasteiger partial charge in [-0.3, -0.25) is 14.4 Å². The molecule has 3 heterocycles. The Morgan fingerprint density at radius 3 is 2.40 bits per heavy atom. The Kier molecular flexibility index (Phi) is 9.48. The van der Waals surface area contributed by atoms with E-state index in [2.05, 4.69) is 31.2 Å². The molecule has 3 amide bonds. The number of aliphatic hydroxyl groups excluding tert-OH is 1. The summed E-state index contributed by atoms with van der Waals surface area (Å²) in [6.45, 7) is 1.99. The summed E-state index contributed by atoms with van der Waals surface area (Å²) in [4.78, 5) is 44.7. The maximum Gasteiger partial charge on any atom is 0.245 e. The molecule has 1 aliphatic heterocycles. The average molecular weight is 587 g/mol. The van der Waals surface area contributed by atoms with Crippen LogP contribution in [-0.4, -0.2) is 67.5 Å². The third kappa shape index (κ3) is 7.09. The second-order valence-electron chi connectivity index (χ2n) is 11.0. The van der Waals surface area contributed by atoms with E-state index in [1.807, 2.05) is 60.8 Å². The van der Waals surface area contributed by atoms with Crippen LogP contribution in [0.4, 0.5) is 0 Å². The van der Waals surface area contributed by atoms with Crippen molar-refractivity contribution in [2.75, 3.05) is 6.54 Å². The Hall–Kier alpha value is -4.55. The van der Waals surface area contributed by atoms with Crippen LogP contribution >= 0.6 is 0 Å². The predicted molar refractivity (Wildman–Crippen MR) is 161 cm³/mol. The number of benzene rings is 2. The second kappa shape index (κ2) is 13.6. The molecule has 2 aromatic carbocycles. The summed E-state index contributed by atoms with van der Waals surface area (Å²) in [7, 11) is 0. The summed E-state index contributed by atoms with van der Waals surface area (Å²) >= 11 is 0. The molecule has 5 rings (SSSR count). The van der Waals surface area contributed by atoms with Gasteiger partial charge in [0.1, 0.15) is 29.9 Å². The van der Waals surface area contributed by atoms with E-state index in [9.17, 15) is 19.5 Å². The van der Waals surface area contributed by atoms with Crippen molar-refractivity contribution in [3.8, 4) is 0 Å². The SMILES string of the molecule is C[C@@H](O)[C@@H]1NC(=O)[C@@H](CCCCN)NC(=O)[C@@H](Cc2c[nH]c3ccccc23)NC(=O)[C@@H](Cc2ccccc2)n2cc1nn2. The number of H-pyrrole nitrogens is 1. The van der Waals surface area contributed by atoms with Crippen molar-refractivity contribution in [3.05, 3.63) is 83.8 Å². The smallest absolute Gasteiger partial charge is 0.245 e. The minimum absolute atomic E-state index is 0.190. The van der Waals surface area contributed by atoms with Crippen LogP contribution in [0.15, 0.2) is 67.0 Å². The van der Waals surface area contributed by atoms with E-state index in [-0.39, 0.29) is 12.8 Å². The Labute approximate surface area is 249 Å². The summed E-state index contributed by atoms with van der Waals surface area (Å²) in [6, 6.07) is 13.5. The first kappa shape index (κ1) is 29.9. The molecule has 0 saturated carbocycles. The summed E-state index contributed by atoms with van der Waals surface area (Å²) in [5.41, 5.74) is 8.64. The van der Waals surface area contributed by atoms with Crippen LogP contribution in [0, 0.1) is 0 Å². The van der Waals surface area contributed by atoms with Crippen LogP contribution in [0.3, 0.4) is 0 Å². The van der Waals surface area contributed by atoms with Crippen LogP contribution in [0.2, 0.25) is 0 Å². The van der Waals surface area contributed by atoms with E-state index >= 15 is 0 Å². The van der Waals surface area contributed by atoms with Gasteiger partial charge in [0.25, 0.3) is 0 Å². The van der Waals surface area contributed by atoms with Crippen molar-refractivity contribution in [2.24, 2.45) is 5.73 Å². The number of carbonyl (C=O) groups is 3. The Morgan fingerprint density at radius 2 is 1.63 bits per heavy atom. The number of hydrogen-bond donors (Lipinski definition) is 6. The van der Waals surface area contributed by atoms with Gasteiger partial charge in [-0.2, -0.15) is 0 Å². The molecule has 0 aliphatic carbocycles. The van der Waals surface area contributed by atoms with Gasteiger partial charge in [-0.1, -0.05) is 53.7 Å². The van der Waals surface area contributed by atoms with Crippen molar-refractivity contribution in [2.45, 2.75) is 69.3 Å². The van der Waals surface area contributed by atoms with Gasteiger partial charge in [0, 0.05) is 29.9 Å². The fourth-order valence-corrected chi connectivity index (χ4v) is 5.46. The molecule has 226 valence electrons. The van der Waals surface area contributed by atoms with E-state index in [0.717, 1.165) is 22.0 Å². The Bertz CT molecular complexity index is 1550. The van der Waals surface area contributed by atoms with Gasteiger partial charge in [-0.25, -0.2) is 4.68 Å². The number of hydrogen-bond acceptors (Lipinski definition) is 7. The lowest BCUT2D eigenvalue weighted by atomic mass is 10.0. The minimum atomic E-state index is -1.02. The number of carbonyl (C=O) groups excluding carboxylic acids is 3. The number of fused-ring (bicyclic) bond motifs is 3. The number of aromatic amines is 1. The number of para-hydroxylation sites is 1. The summed E-state index contributed by atoms with van der Waals surface area (Å²) in [5.74, 6) is -1.38. The van der Waals surface area contributed by atoms with Crippen molar-refractivity contribution in [1.82, 2.24) is 35.9 Å². The molecule has 0 spiro atoms. The molecule has 5 atom stereocenters. The number of nitrogens with zero attached hydrogens (tertiary/aromatic N) is 3. The number of nitrogens with one attached hydrogen (secondary N) is 4. The molecule has 43 heavy (non-hydrogen) atoms. The van der Waals surface area contributed by atoms with E-state index in [1.165, 1.54) is 11.6 Å². The molecule has 0 saturated heterocycles. The van der Waals surface area contributed by atoms with Gasteiger partial charge in [-0.15, -0.1) is 5.10 Å². The number of unbranched alkanes of at least 4 members (excludes halogenated alkanes) is 1. The van der Waals surface area contributed by atoms with Gasteiger partial charge in [-0.05, 0) is 49.9 Å². The standard InChI is InChI=1S/C31H38N8O4/c1-19(40)28-26-18-39(38-37-26)27(15-20-9-3-2-4-10-20)31(43)35-25(16-21-17-33-23-12-6-5-11-22(21)23)30(42)34-24(29(41)36-28)13-7-8-14-32/h2-6,9-12,17-19,24-25,27-28,33,40H,7-8,13-16,32H2,1H3,(H,34,42)(H,35,43)(H,36,41)/t19-,24-,25-,27-,28+/m1/s1. The molecular formula is C31H38N8O4. The molecule has 2 aromatic heterocycles. The van der Waals surface area contributed by atoms with Crippen molar-refractivity contribution >= 4 is 28.6 Å². The number of nitrogens with two attached hydrogens (primary N) is 1. The number of amides is 3. The van der Waals surface area contributed by atoms with E-state index < -0.39 is 48.0 Å². The lowest BCUT2D eigenvalue weighted by molar-refractivity contribution is -0.133. The fraction of sp³-hybridized carbons (Fsp3) is 0.387. The van der Waals surface area contributed by atoms with Gasteiger partial charge >= 0.3 is 0 Å². The minimum Gasteiger partial charge on any atom is -0.391 e. The normalized spacial score (nSPS) is 22.1. The monoisotopic (exact) mass is 586 g/mol. The lowest BCUT2D eigenvalue weighted by Gasteiger charge is -2.26. The van der Waals surface area contributed by atoms with E-state index in [4.69, 9.17) is 5.73 Å². The average Bonchev–Trinajstić information content (AvgIpc) is 3.65. The lowest BCUT2D eigenvalue weighted by Crippen LogP contribution is -2.55. The van der Waals surface area contributed by atoms with Gasteiger partial charge in [0.15, 0.2) is 0 Å². The number of rotatable bonds is 9. The Morgan fingerprint density at radius 1 is 0.907 bits per heavy atom. The number of aromatic nitrogens is 4. The molecule has 4 aromatic rings. The highest BCUT2D eigenvalue weighted by molar-refractivity contribution is 5.94. The van der Waals surface area contributed by atoms with Crippen LogP contribution < -0.4 is 21.7 Å². The predicted octanol–water partition coefficient (Wildman–Crippen LogP) is 1.44. The van der Waals surface area contributed by atoms with Gasteiger partial charge < -0.3 is 31.8 Å². The molecule has 0 radical (unpaired) electrons. The van der Waals surface area contributed by atoms with Gasteiger partial charge in [0.2, 0.25) is 17.7 Å². The second-order valence-corrected chi connectivity index (χ2v) is 11.0. The van der Waals surface area contributed by atoms with Crippen LogP contribution in [0.1, 0.15) is 55.1 Å². The highest BCUT2D eigenvalue weighted by Gasteiger charge is 2.34. The highest BCUT2D eigenvalue weighted by Crippen LogP contribution is 2.22. The van der Waals surface area contributed by atoms with Crippen molar-refractivity contribution in [3.63, 3.8) is 0 Å². The van der Waals surface area contributed by atoms with E-state index in [0.29, 0.717) is 31.5 Å². The molecule has 12 heteroatoms. The molecule has 2 bridgehead atoms. The van der Waals surface area contributed by atoms with Gasteiger partial charge in [0.05, 0.1) is 12.3 Å². The zero-order chi connectivity index (χ0) is 30.3. The first-order valence-electron chi connectivity index (χ1n) is 14.6. The largest absolute Gasteiger partial charge is 0.391 e. The zero-order valence-electron chi connectivity index (χ0n) is 24.1. The van der Waals surface area contributed by atoms with Crippen LogP contribution in [0.5, 0.6) is 0 Å². The van der Waals surface area contributed by atoms with Crippen molar-refractivity contribution < 1.29 is 19.5 Å². The summed E-state index contributed by atoms with van der Waals surface area (Å²) < 4.78 is 1.43. The molecule has 7 N–H and O–H groups in total. The molecule has 1 aliphatic rings. The third-order valence-corrected chi connectivity index (χ3v) is 7.83. The summed E-state index contributed by atoms with van der Waals surface area (Å²) in [5, 5.41) is 28.7. The van der Waals surface area contributed by atoms with Crippen LogP contribution in [0.25, 0.3) is 10.9 Å². The fourth-order valence-electron chi connectivity index (χ4n) is 5.46. The van der Waals surface area contributed by atoms with Crippen LogP contribution in [-0.2, 0) is 27.2 Å². The summed E-state index contributed by atoms with van der Waals surface area (Å²) in [6.07, 6.45) is 4.45.